The third-order valence-corrected chi connectivity index (χ3v) is 4.41. The molecule has 2 N–H and O–H groups in total. The standard InChI is InChI=1S/C15H9N3O3S/c19-13-10-7-16-11-4-2-1-3-8(11)12(10)17-18(13)14-9(15(20)21)5-6-22-14/h1-7,17H,(H,20,21). The lowest BCUT2D eigenvalue weighted by Crippen LogP contribution is -2.15. The Balaban J connectivity index is 2.10. The van der Waals surface area contributed by atoms with E-state index in [9.17, 15) is 14.7 Å². The predicted molar refractivity (Wildman–Crippen MR) is 84.0 cm³/mol. The molecule has 3 heterocycles. The number of carbonyl (C=O) groups is 1. The molecule has 22 heavy (non-hydrogen) atoms. The van der Waals surface area contributed by atoms with E-state index in [-0.39, 0.29) is 11.1 Å². The van der Waals surface area contributed by atoms with Crippen molar-refractivity contribution in [1.29, 1.82) is 0 Å². The number of thiophene rings is 1. The Morgan fingerprint density at radius 2 is 2.05 bits per heavy atom. The number of aromatic carboxylic acids is 1. The lowest BCUT2D eigenvalue weighted by Gasteiger charge is -1.99. The van der Waals surface area contributed by atoms with Crippen LogP contribution in [0.1, 0.15) is 10.4 Å². The summed E-state index contributed by atoms with van der Waals surface area (Å²) in [5.74, 6) is -1.07. The summed E-state index contributed by atoms with van der Waals surface area (Å²) in [6, 6.07) is 8.96. The maximum Gasteiger partial charge on any atom is 0.338 e. The van der Waals surface area contributed by atoms with Crippen molar-refractivity contribution in [3.8, 4) is 5.00 Å². The summed E-state index contributed by atoms with van der Waals surface area (Å²) in [5.41, 5.74) is 1.21. The molecule has 3 aromatic heterocycles. The molecule has 0 saturated heterocycles. The van der Waals surface area contributed by atoms with Crippen molar-refractivity contribution in [2.45, 2.75) is 0 Å². The Morgan fingerprint density at radius 3 is 2.86 bits per heavy atom. The molecule has 0 radical (unpaired) electrons. The van der Waals surface area contributed by atoms with E-state index >= 15 is 0 Å². The largest absolute Gasteiger partial charge is 0.478 e. The van der Waals surface area contributed by atoms with Crippen molar-refractivity contribution < 1.29 is 9.90 Å². The summed E-state index contributed by atoms with van der Waals surface area (Å²) in [7, 11) is 0. The van der Waals surface area contributed by atoms with E-state index in [0.29, 0.717) is 15.9 Å². The normalized spacial score (nSPS) is 11.3. The van der Waals surface area contributed by atoms with Gasteiger partial charge in [-0.1, -0.05) is 18.2 Å². The van der Waals surface area contributed by atoms with Crippen LogP contribution in [0.2, 0.25) is 0 Å². The van der Waals surface area contributed by atoms with Gasteiger partial charge in [0.05, 0.1) is 22.0 Å². The fourth-order valence-corrected chi connectivity index (χ4v) is 3.34. The van der Waals surface area contributed by atoms with Crippen molar-refractivity contribution in [2.75, 3.05) is 0 Å². The SMILES string of the molecule is O=C(O)c1ccsc1-n1[nH]c2c(cnc3ccccc32)c1=O. The molecule has 4 rings (SSSR count). The summed E-state index contributed by atoms with van der Waals surface area (Å²) < 4.78 is 1.27. The van der Waals surface area contributed by atoms with Crippen LogP contribution in [0.3, 0.4) is 0 Å². The minimum Gasteiger partial charge on any atom is -0.478 e. The lowest BCUT2D eigenvalue weighted by atomic mass is 10.2. The van der Waals surface area contributed by atoms with Crippen LogP contribution in [0.15, 0.2) is 46.7 Å². The van der Waals surface area contributed by atoms with Gasteiger partial charge in [0.15, 0.2) is 0 Å². The Labute approximate surface area is 127 Å². The first-order valence-corrected chi connectivity index (χ1v) is 7.34. The fourth-order valence-electron chi connectivity index (χ4n) is 2.49. The minimum absolute atomic E-state index is 0.0934. The number of hydrogen-bond donors (Lipinski definition) is 2. The van der Waals surface area contributed by atoms with Crippen molar-refractivity contribution in [3.63, 3.8) is 0 Å². The first kappa shape index (κ1) is 12.8. The highest BCUT2D eigenvalue weighted by Gasteiger charge is 2.18. The van der Waals surface area contributed by atoms with Gasteiger partial charge in [-0.2, -0.15) is 0 Å². The molecular weight excluding hydrogens is 302 g/mol. The molecule has 1 aromatic carbocycles. The summed E-state index contributed by atoms with van der Waals surface area (Å²) in [5, 5.41) is 15.5. The van der Waals surface area contributed by atoms with Crippen molar-refractivity contribution >= 4 is 39.1 Å². The molecule has 0 saturated carbocycles. The zero-order chi connectivity index (χ0) is 15.3. The second kappa shape index (κ2) is 4.54. The van der Waals surface area contributed by atoms with Crippen molar-refractivity contribution in [2.24, 2.45) is 0 Å². The van der Waals surface area contributed by atoms with E-state index in [2.05, 4.69) is 10.1 Å². The molecule has 7 heteroatoms. The van der Waals surface area contributed by atoms with Gasteiger partial charge in [0, 0.05) is 11.6 Å². The zero-order valence-corrected chi connectivity index (χ0v) is 11.9. The van der Waals surface area contributed by atoms with E-state index in [0.717, 1.165) is 10.9 Å². The number of pyridine rings is 1. The van der Waals surface area contributed by atoms with Crippen LogP contribution in [0.5, 0.6) is 0 Å². The van der Waals surface area contributed by atoms with Crippen LogP contribution in [-0.2, 0) is 0 Å². The highest BCUT2D eigenvalue weighted by molar-refractivity contribution is 7.13. The first-order valence-electron chi connectivity index (χ1n) is 6.46. The monoisotopic (exact) mass is 311 g/mol. The number of carboxylic acids is 1. The minimum atomic E-state index is -1.07. The average molecular weight is 311 g/mol. The van der Waals surface area contributed by atoms with Crippen molar-refractivity contribution in [3.05, 3.63) is 57.8 Å². The highest BCUT2D eigenvalue weighted by atomic mass is 32.1. The average Bonchev–Trinajstić information content (AvgIpc) is 3.12. The molecule has 4 aromatic rings. The van der Waals surface area contributed by atoms with E-state index in [1.165, 1.54) is 28.3 Å². The quantitative estimate of drug-likeness (QED) is 0.595. The van der Waals surface area contributed by atoms with E-state index in [1.54, 1.807) is 5.38 Å². The first-order chi connectivity index (χ1) is 10.7. The van der Waals surface area contributed by atoms with Gasteiger partial charge in [0.2, 0.25) is 0 Å². The number of hydrogen-bond acceptors (Lipinski definition) is 4. The third-order valence-electron chi connectivity index (χ3n) is 3.51. The van der Waals surface area contributed by atoms with Crippen molar-refractivity contribution in [1.82, 2.24) is 14.8 Å². The molecule has 6 nitrogen and oxygen atoms in total. The fraction of sp³-hybridized carbons (Fsp3) is 0. The van der Waals surface area contributed by atoms with Crippen LogP contribution in [0.25, 0.3) is 26.8 Å². The molecule has 0 unspecified atom stereocenters. The molecule has 0 aliphatic heterocycles. The smallest absolute Gasteiger partial charge is 0.338 e. The van der Waals surface area contributed by atoms with Gasteiger partial charge in [-0.25, -0.2) is 9.48 Å². The second-order valence-electron chi connectivity index (χ2n) is 4.76. The Bertz CT molecular complexity index is 1090. The van der Waals surface area contributed by atoms with Gasteiger partial charge in [0.25, 0.3) is 5.56 Å². The Hall–Kier alpha value is -2.93. The van der Waals surface area contributed by atoms with E-state index < -0.39 is 5.97 Å². The third kappa shape index (κ3) is 1.69. The topological polar surface area (TPSA) is 88.0 Å². The van der Waals surface area contributed by atoms with Gasteiger partial charge in [-0.05, 0) is 17.5 Å². The number of H-pyrrole nitrogens is 1. The summed E-state index contributed by atoms with van der Waals surface area (Å²) >= 11 is 1.20. The number of rotatable bonds is 2. The van der Waals surface area contributed by atoms with Gasteiger partial charge in [-0.15, -0.1) is 11.3 Å². The van der Waals surface area contributed by atoms with Crippen LogP contribution in [0, 0.1) is 0 Å². The van der Waals surface area contributed by atoms with Gasteiger partial charge in [0.1, 0.15) is 5.00 Å². The molecule has 0 amide bonds. The zero-order valence-electron chi connectivity index (χ0n) is 11.1. The highest BCUT2D eigenvalue weighted by Crippen LogP contribution is 2.24. The number of fused-ring (bicyclic) bond motifs is 3. The maximum absolute atomic E-state index is 12.6. The number of nitrogens with one attached hydrogen (secondary N) is 1. The molecular formula is C15H9N3O3S. The van der Waals surface area contributed by atoms with E-state index in [1.807, 2.05) is 24.3 Å². The van der Waals surface area contributed by atoms with Crippen LogP contribution < -0.4 is 5.56 Å². The molecule has 108 valence electrons. The molecule has 0 aliphatic carbocycles. The summed E-state index contributed by atoms with van der Waals surface area (Å²) in [6.07, 6.45) is 1.51. The number of aromatic amines is 1. The Morgan fingerprint density at radius 1 is 1.23 bits per heavy atom. The number of aromatic nitrogens is 3. The second-order valence-corrected chi connectivity index (χ2v) is 5.66. The molecule has 0 atom stereocenters. The van der Waals surface area contributed by atoms with Gasteiger partial charge < -0.3 is 5.11 Å². The number of nitrogens with zero attached hydrogens (tertiary/aromatic N) is 2. The number of carboxylic acid groups (broad SMARTS) is 1. The predicted octanol–water partition coefficient (Wildman–Crippen LogP) is 2.63. The number of benzene rings is 1. The maximum atomic E-state index is 12.6. The van der Waals surface area contributed by atoms with Crippen LogP contribution >= 0.6 is 11.3 Å². The van der Waals surface area contributed by atoms with Gasteiger partial charge >= 0.3 is 5.97 Å². The van der Waals surface area contributed by atoms with Gasteiger partial charge in [-0.3, -0.25) is 14.9 Å². The molecule has 0 aliphatic rings. The van der Waals surface area contributed by atoms with Crippen LogP contribution in [0.4, 0.5) is 0 Å². The molecule has 0 fully saturated rings. The number of para-hydroxylation sites is 1. The summed E-state index contributed by atoms with van der Waals surface area (Å²) in [6.45, 7) is 0. The van der Waals surface area contributed by atoms with E-state index in [4.69, 9.17) is 0 Å². The lowest BCUT2D eigenvalue weighted by molar-refractivity contribution is 0.0697. The molecule has 0 bridgehead atoms. The summed E-state index contributed by atoms with van der Waals surface area (Å²) in [4.78, 5) is 28.1. The van der Waals surface area contributed by atoms with Crippen LogP contribution in [-0.4, -0.2) is 25.8 Å². The molecule has 0 spiro atoms. The Kier molecular flexibility index (Phi) is 2.64.